The molecule has 0 spiro atoms. The topological polar surface area (TPSA) is 54.5 Å². The van der Waals surface area contributed by atoms with E-state index < -0.39 is 12.8 Å². The summed E-state index contributed by atoms with van der Waals surface area (Å²) >= 11 is 5.89. The number of hydrogen-bond donors (Lipinski definition) is 1. The molecule has 1 N–H and O–H groups in total. The Labute approximate surface area is 162 Å². The minimum absolute atomic E-state index is 0.143. The Bertz CT molecular complexity index is 668. The minimum atomic E-state index is -4.49. The molecular formula is C18H25ClF3N3O2. The lowest BCUT2D eigenvalue weighted by Crippen LogP contribution is -2.54. The molecule has 2 heterocycles. The van der Waals surface area contributed by atoms with Crippen molar-refractivity contribution in [3.05, 3.63) is 22.8 Å². The van der Waals surface area contributed by atoms with E-state index in [1.807, 2.05) is 0 Å². The van der Waals surface area contributed by atoms with Crippen molar-refractivity contribution in [3.63, 3.8) is 0 Å². The van der Waals surface area contributed by atoms with Gasteiger partial charge in [-0.3, -0.25) is 9.69 Å². The van der Waals surface area contributed by atoms with Gasteiger partial charge in [-0.2, -0.15) is 13.2 Å². The average molecular weight is 408 g/mol. The van der Waals surface area contributed by atoms with Gasteiger partial charge in [0.25, 0.3) is 5.91 Å². The first-order valence-electron chi connectivity index (χ1n) is 8.86. The highest BCUT2D eigenvalue weighted by Crippen LogP contribution is 2.26. The number of likely N-dealkylation sites (tertiary alicyclic amines) is 1. The van der Waals surface area contributed by atoms with E-state index in [1.54, 1.807) is 0 Å². The van der Waals surface area contributed by atoms with E-state index in [4.69, 9.17) is 11.6 Å². The third kappa shape index (κ3) is 6.53. The quantitative estimate of drug-likeness (QED) is 0.776. The highest BCUT2D eigenvalue weighted by Gasteiger charge is 2.31. The van der Waals surface area contributed by atoms with Crippen LogP contribution >= 0.6 is 11.6 Å². The number of pyridine rings is 1. The lowest BCUT2D eigenvalue weighted by Gasteiger charge is -2.43. The van der Waals surface area contributed by atoms with E-state index in [0.29, 0.717) is 12.5 Å². The molecule has 9 heteroatoms. The number of carbonyl (C=O) groups is 1. The average Bonchev–Trinajstić information content (AvgIpc) is 2.58. The predicted octanol–water partition coefficient (Wildman–Crippen LogP) is 3.92. The van der Waals surface area contributed by atoms with Gasteiger partial charge in [-0.1, -0.05) is 18.5 Å². The molecule has 1 atom stereocenters. The van der Waals surface area contributed by atoms with Gasteiger partial charge in [-0.15, -0.1) is 0 Å². The first-order valence-corrected chi connectivity index (χ1v) is 9.24. The number of hydrogen-bond acceptors (Lipinski definition) is 4. The molecule has 1 fully saturated rings. The molecule has 1 amide bonds. The van der Waals surface area contributed by atoms with Crippen LogP contribution in [0.4, 0.5) is 13.2 Å². The number of rotatable bonds is 6. The Kier molecular flexibility index (Phi) is 6.97. The van der Waals surface area contributed by atoms with Gasteiger partial charge < -0.3 is 10.1 Å². The molecule has 152 valence electrons. The molecule has 2 rings (SSSR count). The van der Waals surface area contributed by atoms with E-state index in [-0.39, 0.29) is 27.9 Å². The highest BCUT2D eigenvalue weighted by atomic mass is 35.5. The van der Waals surface area contributed by atoms with Crippen molar-refractivity contribution in [2.75, 3.05) is 26.2 Å². The Hall–Kier alpha value is -1.54. The maximum atomic E-state index is 12.4. The van der Waals surface area contributed by atoms with Gasteiger partial charge >= 0.3 is 6.18 Å². The first kappa shape index (κ1) is 21.8. The number of halogens is 4. The zero-order valence-corrected chi connectivity index (χ0v) is 16.5. The molecule has 1 saturated heterocycles. The Morgan fingerprint density at radius 2 is 2.15 bits per heavy atom. The third-order valence-corrected chi connectivity index (χ3v) is 4.91. The van der Waals surface area contributed by atoms with Crippen LogP contribution < -0.4 is 10.1 Å². The van der Waals surface area contributed by atoms with Gasteiger partial charge in [0.05, 0.1) is 5.56 Å². The monoisotopic (exact) mass is 407 g/mol. The van der Waals surface area contributed by atoms with Crippen LogP contribution in [0.1, 0.15) is 44.0 Å². The predicted molar refractivity (Wildman–Crippen MR) is 97.2 cm³/mol. The Morgan fingerprint density at radius 3 is 2.74 bits per heavy atom. The molecule has 1 aliphatic rings. The molecule has 5 nitrogen and oxygen atoms in total. The van der Waals surface area contributed by atoms with Crippen molar-refractivity contribution in [1.82, 2.24) is 15.2 Å². The summed E-state index contributed by atoms with van der Waals surface area (Å²) in [6.07, 6.45) is -0.981. The molecule has 0 aliphatic carbocycles. The van der Waals surface area contributed by atoms with Crippen LogP contribution in [0.5, 0.6) is 5.88 Å². The number of piperidine rings is 1. The largest absolute Gasteiger partial charge is 0.467 e. The van der Waals surface area contributed by atoms with Gasteiger partial charge in [0, 0.05) is 24.8 Å². The number of nitrogens with one attached hydrogen (secondary N) is 1. The molecule has 1 unspecified atom stereocenters. The van der Waals surface area contributed by atoms with Crippen molar-refractivity contribution in [2.45, 2.75) is 45.3 Å². The molecule has 0 saturated carbocycles. The number of alkyl halides is 3. The van der Waals surface area contributed by atoms with Gasteiger partial charge in [0.2, 0.25) is 5.88 Å². The summed E-state index contributed by atoms with van der Waals surface area (Å²) in [6.45, 7) is 7.29. The maximum Gasteiger partial charge on any atom is 0.422 e. The van der Waals surface area contributed by atoms with Crippen molar-refractivity contribution in [2.24, 2.45) is 5.92 Å². The molecule has 0 radical (unpaired) electrons. The van der Waals surface area contributed by atoms with Crippen LogP contribution in [0.3, 0.4) is 0 Å². The SMILES string of the molecule is CC1CCCN(C(C)(C)CNC(=O)c2cnc(OCC(F)(F)F)c(Cl)c2)C1. The van der Waals surface area contributed by atoms with Gasteiger partial charge in [0.1, 0.15) is 5.02 Å². The molecule has 0 aromatic carbocycles. The molecular weight excluding hydrogens is 383 g/mol. The summed E-state index contributed by atoms with van der Waals surface area (Å²) in [7, 11) is 0. The first-order chi connectivity index (χ1) is 12.5. The van der Waals surface area contributed by atoms with E-state index in [9.17, 15) is 18.0 Å². The minimum Gasteiger partial charge on any atom is -0.467 e. The molecule has 1 aliphatic heterocycles. The fraction of sp³-hybridized carbons (Fsp3) is 0.667. The maximum absolute atomic E-state index is 12.4. The van der Waals surface area contributed by atoms with Crippen molar-refractivity contribution >= 4 is 17.5 Å². The van der Waals surface area contributed by atoms with Crippen LogP contribution in [0.25, 0.3) is 0 Å². The lowest BCUT2D eigenvalue weighted by molar-refractivity contribution is -0.154. The molecule has 1 aromatic rings. The van der Waals surface area contributed by atoms with Crippen molar-refractivity contribution in [1.29, 1.82) is 0 Å². The second kappa shape index (κ2) is 8.65. The number of nitrogens with zero attached hydrogens (tertiary/aromatic N) is 2. The standard InChI is InChI=1S/C18H25ClF3N3O2/c1-12-5-4-6-25(9-12)17(2,3)10-24-15(26)13-7-14(19)16(23-8-13)27-11-18(20,21)22/h7-8,12H,4-6,9-11H2,1-3H3,(H,24,26). The van der Waals surface area contributed by atoms with Crippen LogP contribution in [0.2, 0.25) is 5.02 Å². The number of carbonyl (C=O) groups excluding carboxylic acids is 1. The normalized spacial score (nSPS) is 19.0. The lowest BCUT2D eigenvalue weighted by atomic mass is 9.93. The summed E-state index contributed by atoms with van der Waals surface area (Å²) in [5, 5.41) is 2.71. The highest BCUT2D eigenvalue weighted by molar-refractivity contribution is 6.32. The molecule has 27 heavy (non-hydrogen) atoms. The van der Waals surface area contributed by atoms with Gasteiger partial charge in [0.15, 0.2) is 6.61 Å². The smallest absolute Gasteiger partial charge is 0.422 e. The zero-order valence-electron chi connectivity index (χ0n) is 15.7. The molecule has 1 aromatic heterocycles. The number of amides is 1. The van der Waals surface area contributed by atoms with Crippen LogP contribution in [0.15, 0.2) is 12.3 Å². The Balaban J connectivity index is 1.94. The third-order valence-electron chi connectivity index (χ3n) is 4.64. The number of ether oxygens (including phenoxy) is 1. The summed E-state index contributed by atoms with van der Waals surface area (Å²) in [4.78, 5) is 18.5. The summed E-state index contributed by atoms with van der Waals surface area (Å²) in [6, 6.07) is 1.26. The summed E-state index contributed by atoms with van der Waals surface area (Å²) in [5.41, 5.74) is -0.0423. The second-order valence-electron chi connectivity index (χ2n) is 7.60. The van der Waals surface area contributed by atoms with Gasteiger partial charge in [-0.05, 0) is 45.2 Å². The van der Waals surface area contributed by atoms with Gasteiger partial charge in [-0.25, -0.2) is 4.98 Å². The fourth-order valence-corrected chi connectivity index (χ4v) is 3.28. The zero-order chi connectivity index (χ0) is 20.2. The van der Waals surface area contributed by atoms with Crippen molar-refractivity contribution in [3.8, 4) is 5.88 Å². The van der Waals surface area contributed by atoms with E-state index in [1.165, 1.54) is 12.5 Å². The Morgan fingerprint density at radius 1 is 1.44 bits per heavy atom. The molecule has 0 bridgehead atoms. The fourth-order valence-electron chi connectivity index (χ4n) is 3.06. The second-order valence-corrected chi connectivity index (χ2v) is 8.01. The number of aromatic nitrogens is 1. The van der Waals surface area contributed by atoms with Crippen LogP contribution in [-0.4, -0.2) is 53.7 Å². The van der Waals surface area contributed by atoms with E-state index in [2.05, 4.69) is 40.7 Å². The van der Waals surface area contributed by atoms with Crippen LogP contribution in [-0.2, 0) is 0 Å². The van der Waals surface area contributed by atoms with Crippen LogP contribution in [0, 0.1) is 5.92 Å². The summed E-state index contributed by atoms with van der Waals surface area (Å²) in [5.74, 6) is -0.112. The van der Waals surface area contributed by atoms with E-state index in [0.717, 1.165) is 25.7 Å². The summed E-state index contributed by atoms with van der Waals surface area (Å²) < 4.78 is 41.2. The van der Waals surface area contributed by atoms with Crippen molar-refractivity contribution < 1.29 is 22.7 Å². The van der Waals surface area contributed by atoms with E-state index >= 15 is 0 Å².